The third-order valence-corrected chi connectivity index (χ3v) is 3.28. The van der Waals surface area contributed by atoms with E-state index in [2.05, 4.69) is 34.9 Å². The summed E-state index contributed by atoms with van der Waals surface area (Å²) in [5.41, 5.74) is 0.850. The van der Waals surface area contributed by atoms with Crippen LogP contribution >= 0.6 is 15.9 Å². The van der Waals surface area contributed by atoms with Crippen LogP contribution in [0.25, 0.3) is 0 Å². The fourth-order valence-electron chi connectivity index (χ4n) is 1.69. The third kappa shape index (κ3) is 4.41. The highest BCUT2D eigenvalue weighted by atomic mass is 79.9. The summed E-state index contributed by atoms with van der Waals surface area (Å²) in [6.07, 6.45) is 3.02. The summed E-state index contributed by atoms with van der Waals surface area (Å²) in [4.78, 5) is 0. The van der Waals surface area contributed by atoms with E-state index in [-0.39, 0.29) is 0 Å². The van der Waals surface area contributed by atoms with Crippen LogP contribution in [0, 0.1) is 5.92 Å². The summed E-state index contributed by atoms with van der Waals surface area (Å²) in [6.45, 7) is 5.57. The van der Waals surface area contributed by atoms with Crippen LogP contribution in [0.1, 0.15) is 38.5 Å². The van der Waals surface area contributed by atoms with Crippen LogP contribution in [-0.4, -0.2) is 28.6 Å². The van der Waals surface area contributed by atoms with Crippen molar-refractivity contribution in [1.29, 1.82) is 0 Å². The maximum Gasteiger partial charge on any atom is 0.0968 e. The van der Waals surface area contributed by atoms with Gasteiger partial charge in [-0.15, -0.1) is 0 Å². The van der Waals surface area contributed by atoms with Crippen LogP contribution < -0.4 is 0 Å². The first-order chi connectivity index (χ1) is 8.06. The van der Waals surface area contributed by atoms with Crippen molar-refractivity contribution in [1.82, 2.24) is 9.78 Å². The number of hydrogen-bond acceptors (Lipinski definition) is 3. The van der Waals surface area contributed by atoms with E-state index in [1.165, 1.54) is 0 Å². The van der Waals surface area contributed by atoms with Crippen LogP contribution in [0.4, 0.5) is 0 Å². The molecular weight excluding hydrogens is 284 g/mol. The molecule has 0 bridgehead atoms. The van der Waals surface area contributed by atoms with Crippen molar-refractivity contribution < 1.29 is 9.84 Å². The van der Waals surface area contributed by atoms with Crippen molar-refractivity contribution in [3.8, 4) is 0 Å². The van der Waals surface area contributed by atoms with Crippen molar-refractivity contribution in [2.24, 2.45) is 5.92 Å². The van der Waals surface area contributed by atoms with Crippen molar-refractivity contribution in [3.63, 3.8) is 0 Å². The topological polar surface area (TPSA) is 47.3 Å². The van der Waals surface area contributed by atoms with Crippen LogP contribution in [0.5, 0.6) is 0 Å². The number of ether oxygens (including phenoxy) is 1. The number of aliphatic hydroxyl groups excluding tert-OH is 1. The van der Waals surface area contributed by atoms with Gasteiger partial charge >= 0.3 is 0 Å². The Labute approximate surface area is 111 Å². The van der Waals surface area contributed by atoms with Gasteiger partial charge in [-0.1, -0.05) is 13.8 Å². The zero-order valence-electron chi connectivity index (χ0n) is 10.7. The molecule has 0 aromatic carbocycles. The molecule has 1 N–H and O–H groups in total. The Bertz CT molecular complexity index is 339. The standard InChI is InChI=1S/C12H21BrN2O2/c1-9(2)4-5-11(16)12-10(13)8-14-15(12)6-7-17-3/h8-9,11,16H,4-7H2,1-3H3. The van der Waals surface area contributed by atoms with Gasteiger partial charge in [0.2, 0.25) is 0 Å². The van der Waals surface area contributed by atoms with E-state index >= 15 is 0 Å². The van der Waals surface area contributed by atoms with E-state index in [0.29, 0.717) is 19.1 Å². The SMILES string of the molecule is COCCn1ncc(Br)c1C(O)CCC(C)C. The molecule has 17 heavy (non-hydrogen) atoms. The predicted molar refractivity (Wildman–Crippen MR) is 70.8 cm³/mol. The highest BCUT2D eigenvalue weighted by molar-refractivity contribution is 9.10. The van der Waals surface area contributed by atoms with Gasteiger partial charge in [0, 0.05) is 7.11 Å². The van der Waals surface area contributed by atoms with E-state index < -0.39 is 6.10 Å². The normalized spacial score (nSPS) is 13.3. The van der Waals surface area contributed by atoms with Crippen molar-refractivity contribution in [2.45, 2.75) is 39.3 Å². The van der Waals surface area contributed by atoms with Gasteiger partial charge in [0.05, 0.1) is 35.6 Å². The lowest BCUT2D eigenvalue weighted by Gasteiger charge is -2.15. The van der Waals surface area contributed by atoms with Crippen LogP contribution in [0.3, 0.4) is 0 Å². The molecule has 0 aliphatic rings. The van der Waals surface area contributed by atoms with Gasteiger partial charge in [-0.3, -0.25) is 4.68 Å². The fraction of sp³-hybridized carbons (Fsp3) is 0.750. The molecule has 1 rings (SSSR count). The van der Waals surface area contributed by atoms with Crippen LogP contribution in [0.15, 0.2) is 10.7 Å². The minimum Gasteiger partial charge on any atom is -0.387 e. The lowest BCUT2D eigenvalue weighted by molar-refractivity contribution is 0.139. The fourth-order valence-corrected chi connectivity index (χ4v) is 2.25. The molecule has 0 aliphatic carbocycles. The first-order valence-electron chi connectivity index (χ1n) is 5.94. The van der Waals surface area contributed by atoms with Gasteiger partial charge in [-0.05, 0) is 34.7 Å². The molecule has 0 aliphatic heterocycles. The zero-order valence-corrected chi connectivity index (χ0v) is 12.3. The van der Waals surface area contributed by atoms with E-state index in [0.717, 1.165) is 23.0 Å². The molecule has 0 saturated heterocycles. The van der Waals surface area contributed by atoms with E-state index in [1.54, 1.807) is 18.0 Å². The Balaban J connectivity index is 2.69. The van der Waals surface area contributed by atoms with Crippen LogP contribution in [-0.2, 0) is 11.3 Å². The minimum absolute atomic E-state index is 0.467. The molecule has 1 atom stereocenters. The van der Waals surface area contributed by atoms with Crippen LogP contribution in [0.2, 0.25) is 0 Å². The summed E-state index contributed by atoms with van der Waals surface area (Å²) in [6, 6.07) is 0. The molecule has 98 valence electrons. The minimum atomic E-state index is -0.467. The summed E-state index contributed by atoms with van der Waals surface area (Å²) < 4.78 is 7.70. The molecule has 0 saturated carbocycles. The first-order valence-corrected chi connectivity index (χ1v) is 6.73. The molecule has 0 amide bonds. The van der Waals surface area contributed by atoms with Crippen molar-refractivity contribution in [3.05, 3.63) is 16.4 Å². The smallest absolute Gasteiger partial charge is 0.0968 e. The lowest BCUT2D eigenvalue weighted by atomic mass is 10.0. The number of rotatable bonds is 7. The molecule has 1 unspecified atom stereocenters. The highest BCUT2D eigenvalue weighted by Crippen LogP contribution is 2.27. The van der Waals surface area contributed by atoms with Gasteiger partial charge in [0.1, 0.15) is 0 Å². The molecule has 0 fully saturated rings. The molecular formula is C12H21BrN2O2. The molecule has 0 spiro atoms. The second-order valence-corrected chi connectivity index (χ2v) is 5.44. The Morgan fingerprint density at radius 2 is 2.18 bits per heavy atom. The lowest BCUT2D eigenvalue weighted by Crippen LogP contribution is -2.13. The van der Waals surface area contributed by atoms with Gasteiger partial charge in [-0.25, -0.2) is 0 Å². The quantitative estimate of drug-likeness (QED) is 0.842. The number of nitrogens with zero attached hydrogens (tertiary/aromatic N) is 2. The number of hydrogen-bond donors (Lipinski definition) is 1. The third-order valence-electron chi connectivity index (χ3n) is 2.67. The van der Waals surface area contributed by atoms with E-state index in [1.807, 2.05) is 0 Å². The van der Waals surface area contributed by atoms with Crippen molar-refractivity contribution >= 4 is 15.9 Å². The number of aromatic nitrogens is 2. The Hall–Kier alpha value is -0.390. The summed E-state index contributed by atoms with van der Waals surface area (Å²) in [7, 11) is 1.66. The average Bonchev–Trinajstić information content (AvgIpc) is 2.64. The van der Waals surface area contributed by atoms with E-state index in [9.17, 15) is 5.11 Å². The maximum absolute atomic E-state index is 10.2. The second kappa shape index (κ2) is 7.13. The van der Waals surface area contributed by atoms with Gasteiger partial charge in [0.25, 0.3) is 0 Å². The Morgan fingerprint density at radius 1 is 1.47 bits per heavy atom. The molecule has 1 heterocycles. The monoisotopic (exact) mass is 304 g/mol. The molecule has 1 aromatic heterocycles. The van der Waals surface area contributed by atoms with Gasteiger partial charge in [0.15, 0.2) is 0 Å². The summed E-state index contributed by atoms with van der Waals surface area (Å²) in [5, 5.41) is 14.4. The summed E-state index contributed by atoms with van der Waals surface area (Å²) in [5.74, 6) is 0.596. The Morgan fingerprint density at radius 3 is 2.76 bits per heavy atom. The number of methoxy groups -OCH3 is 1. The first kappa shape index (κ1) is 14.7. The van der Waals surface area contributed by atoms with Gasteiger partial charge < -0.3 is 9.84 Å². The van der Waals surface area contributed by atoms with Gasteiger partial charge in [-0.2, -0.15) is 5.10 Å². The molecule has 0 radical (unpaired) electrons. The number of aliphatic hydroxyl groups is 1. The highest BCUT2D eigenvalue weighted by Gasteiger charge is 2.17. The zero-order chi connectivity index (χ0) is 12.8. The summed E-state index contributed by atoms with van der Waals surface area (Å²) >= 11 is 3.43. The van der Waals surface area contributed by atoms with E-state index in [4.69, 9.17) is 4.74 Å². The number of halogens is 1. The predicted octanol–water partition coefficient (Wildman–Crippen LogP) is 2.76. The maximum atomic E-state index is 10.2. The Kier molecular flexibility index (Phi) is 6.16. The second-order valence-electron chi connectivity index (χ2n) is 4.58. The largest absolute Gasteiger partial charge is 0.387 e. The average molecular weight is 305 g/mol. The van der Waals surface area contributed by atoms with Crippen molar-refractivity contribution in [2.75, 3.05) is 13.7 Å². The molecule has 1 aromatic rings. The molecule has 5 heteroatoms. The molecule has 4 nitrogen and oxygen atoms in total.